The first kappa shape index (κ1) is 16.9. The predicted octanol–water partition coefficient (Wildman–Crippen LogP) is 2.15. The van der Waals surface area contributed by atoms with Crippen molar-refractivity contribution in [2.45, 2.75) is 26.4 Å². The van der Waals surface area contributed by atoms with Gasteiger partial charge in [0.1, 0.15) is 6.10 Å². The first-order chi connectivity index (χ1) is 11.7. The summed E-state index contributed by atoms with van der Waals surface area (Å²) in [5.74, 6) is -0.253. The number of carbonyl (C=O) groups is 1. The summed E-state index contributed by atoms with van der Waals surface area (Å²) in [5, 5.41) is 6.43. The van der Waals surface area contributed by atoms with Crippen molar-refractivity contribution in [1.82, 2.24) is 4.90 Å². The highest BCUT2D eigenvalue weighted by molar-refractivity contribution is 5.90. The number of rotatable bonds is 7. The first-order valence-corrected chi connectivity index (χ1v) is 8.58. The van der Waals surface area contributed by atoms with Crippen LogP contribution < -0.4 is 5.01 Å². The third kappa shape index (κ3) is 4.13. The fraction of sp³-hybridized carbons (Fsp3) is 0.556. The minimum absolute atomic E-state index is 0.00960. The Labute approximate surface area is 143 Å². The lowest BCUT2D eigenvalue weighted by atomic mass is 10.1. The number of hydrazone groups is 1. The van der Waals surface area contributed by atoms with Gasteiger partial charge in [-0.15, -0.1) is 0 Å². The van der Waals surface area contributed by atoms with Gasteiger partial charge in [-0.1, -0.05) is 0 Å². The number of carbonyl (C=O) groups excluding carboxylic acids is 1. The van der Waals surface area contributed by atoms with Crippen molar-refractivity contribution in [1.29, 1.82) is 0 Å². The van der Waals surface area contributed by atoms with Gasteiger partial charge in [-0.05, 0) is 38.1 Å². The van der Waals surface area contributed by atoms with Gasteiger partial charge in [-0.25, -0.2) is 4.79 Å². The Morgan fingerprint density at radius 2 is 2.04 bits per heavy atom. The molecule has 2 heterocycles. The highest BCUT2D eigenvalue weighted by atomic mass is 16.5. The maximum Gasteiger partial charge on any atom is 0.338 e. The molecule has 1 aromatic rings. The van der Waals surface area contributed by atoms with Crippen LogP contribution in [0.5, 0.6) is 0 Å². The summed E-state index contributed by atoms with van der Waals surface area (Å²) in [6.45, 7) is 8.87. The summed E-state index contributed by atoms with van der Waals surface area (Å²) < 4.78 is 10.9. The molecule has 0 saturated carbocycles. The van der Waals surface area contributed by atoms with E-state index in [0.717, 1.165) is 57.2 Å². The van der Waals surface area contributed by atoms with Crippen LogP contribution in [0, 0.1) is 0 Å². The Bertz CT molecular complexity index is 594. The summed E-state index contributed by atoms with van der Waals surface area (Å²) in [6.07, 6.45) is 0.982. The molecule has 130 valence electrons. The molecule has 6 heteroatoms. The lowest BCUT2D eigenvalue weighted by Crippen LogP contribution is -2.53. The van der Waals surface area contributed by atoms with Gasteiger partial charge in [0, 0.05) is 44.9 Å². The first-order valence-electron chi connectivity index (χ1n) is 8.58. The van der Waals surface area contributed by atoms with E-state index in [9.17, 15) is 4.79 Å². The third-order valence-electron chi connectivity index (χ3n) is 4.33. The number of anilines is 1. The van der Waals surface area contributed by atoms with E-state index in [4.69, 9.17) is 9.47 Å². The maximum atomic E-state index is 12.2. The second kappa shape index (κ2) is 7.77. The molecule has 24 heavy (non-hydrogen) atoms. The van der Waals surface area contributed by atoms with Crippen LogP contribution in [-0.2, 0) is 9.47 Å². The number of benzene rings is 1. The van der Waals surface area contributed by atoms with Crippen LogP contribution >= 0.6 is 0 Å². The average Bonchev–Trinajstić information content (AvgIpc) is 2.99. The topological polar surface area (TPSA) is 54.4 Å². The van der Waals surface area contributed by atoms with E-state index >= 15 is 0 Å². The highest BCUT2D eigenvalue weighted by Crippen LogP contribution is 2.21. The third-order valence-corrected chi connectivity index (χ3v) is 4.33. The van der Waals surface area contributed by atoms with Crippen molar-refractivity contribution in [3.63, 3.8) is 0 Å². The Balaban J connectivity index is 1.45. The van der Waals surface area contributed by atoms with Gasteiger partial charge < -0.3 is 9.47 Å². The standard InChI is InChI=1S/C18H25N3O3/c1-3-23-11-10-20-12-17(13-20)24-18(22)15-4-6-16(7-5-15)21-9-8-14(2)19-21/h4-7,17H,3,8-13H2,1-2H3. The van der Waals surface area contributed by atoms with Crippen molar-refractivity contribution < 1.29 is 14.3 Å². The quantitative estimate of drug-likeness (QED) is 0.566. The van der Waals surface area contributed by atoms with Gasteiger partial charge in [-0.3, -0.25) is 9.91 Å². The number of likely N-dealkylation sites (tertiary alicyclic amines) is 1. The van der Waals surface area contributed by atoms with Gasteiger partial charge in [0.05, 0.1) is 17.9 Å². The molecule has 2 aliphatic rings. The van der Waals surface area contributed by atoms with E-state index < -0.39 is 0 Å². The summed E-state index contributed by atoms with van der Waals surface area (Å²) in [4.78, 5) is 14.4. The van der Waals surface area contributed by atoms with Gasteiger partial charge in [0.25, 0.3) is 0 Å². The van der Waals surface area contributed by atoms with Crippen LogP contribution in [0.2, 0.25) is 0 Å². The molecular weight excluding hydrogens is 306 g/mol. The fourth-order valence-corrected chi connectivity index (χ4v) is 2.87. The van der Waals surface area contributed by atoms with Crippen LogP contribution in [0.15, 0.2) is 29.4 Å². The summed E-state index contributed by atoms with van der Waals surface area (Å²) >= 11 is 0. The number of hydrogen-bond acceptors (Lipinski definition) is 6. The monoisotopic (exact) mass is 331 g/mol. The summed E-state index contributed by atoms with van der Waals surface area (Å²) in [6, 6.07) is 7.47. The summed E-state index contributed by atoms with van der Waals surface area (Å²) in [7, 11) is 0. The Kier molecular flexibility index (Phi) is 5.48. The maximum absolute atomic E-state index is 12.2. The van der Waals surface area contributed by atoms with Crippen molar-refractivity contribution >= 4 is 17.4 Å². The largest absolute Gasteiger partial charge is 0.456 e. The van der Waals surface area contributed by atoms with E-state index in [0.29, 0.717) is 5.56 Å². The molecule has 0 atom stereocenters. The van der Waals surface area contributed by atoms with Crippen LogP contribution in [0.4, 0.5) is 5.69 Å². The minimum atomic E-state index is -0.253. The second-order valence-corrected chi connectivity index (χ2v) is 6.24. The average molecular weight is 331 g/mol. The van der Waals surface area contributed by atoms with Crippen LogP contribution in [0.1, 0.15) is 30.6 Å². The van der Waals surface area contributed by atoms with E-state index in [1.165, 1.54) is 0 Å². The molecule has 0 unspecified atom stereocenters. The van der Waals surface area contributed by atoms with E-state index in [1.54, 1.807) is 0 Å². The molecule has 2 aliphatic heterocycles. The smallest absolute Gasteiger partial charge is 0.338 e. The molecule has 0 radical (unpaired) electrons. The van der Waals surface area contributed by atoms with Gasteiger partial charge in [0.2, 0.25) is 0 Å². The fourth-order valence-electron chi connectivity index (χ4n) is 2.87. The van der Waals surface area contributed by atoms with E-state index in [1.807, 2.05) is 43.1 Å². The zero-order valence-corrected chi connectivity index (χ0v) is 14.4. The Morgan fingerprint density at radius 1 is 1.29 bits per heavy atom. The number of esters is 1. The number of nitrogens with zero attached hydrogens (tertiary/aromatic N) is 3. The van der Waals surface area contributed by atoms with Crippen molar-refractivity contribution in [2.24, 2.45) is 5.10 Å². The number of ether oxygens (including phenoxy) is 2. The molecule has 0 N–H and O–H groups in total. The molecule has 1 aromatic carbocycles. The molecule has 0 spiro atoms. The molecule has 0 bridgehead atoms. The predicted molar refractivity (Wildman–Crippen MR) is 93.7 cm³/mol. The molecule has 0 aliphatic carbocycles. The van der Waals surface area contributed by atoms with Crippen molar-refractivity contribution in [2.75, 3.05) is 44.4 Å². The second-order valence-electron chi connectivity index (χ2n) is 6.24. The molecule has 0 aromatic heterocycles. The molecular formula is C18H25N3O3. The van der Waals surface area contributed by atoms with Crippen LogP contribution in [0.3, 0.4) is 0 Å². The van der Waals surface area contributed by atoms with Crippen LogP contribution in [-0.4, -0.2) is 62.1 Å². The molecule has 3 rings (SSSR count). The van der Waals surface area contributed by atoms with E-state index in [-0.39, 0.29) is 12.1 Å². The lowest BCUT2D eigenvalue weighted by Gasteiger charge is -2.38. The zero-order chi connectivity index (χ0) is 16.9. The molecule has 1 saturated heterocycles. The summed E-state index contributed by atoms with van der Waals surface area (Å²) in [5.41, 5.74) is 2.73. The molecule has 6 nitrogen and oxygen atoms in total. The van der Waals surface area contributed by atoms with E-state index in [2.05, 4.69) is 10.0 Å². The van der Waals surface area contributed by atoms with Gasteiger partial charge in [0.15, 0.2) is 0 Å². The normalized spacial score (nSPS) is 18.4. The lowest BCUT2D eigenvalue weighted by molar-refractivity contribution is -0.0384. The van der Waals surface area contributed by atoms with Crippen molar-refractivity contribution in [3.05, 3.63) is 29.8 Å². The Hall–Kier alpha value is -1.92. The molecule has 0 amide bonds. The van der Waals surface area contributed by atoms with Crippen molar-refractivity contribution in [3.8, 4) is 0 Å². The van der Waals surface area contributed by atoms with Crippen LogP contribution in [0.25, 0.3) is 0 Å². The zero-order valence-electron chi connectivity index (χ0n) is 14.4. The van der Waals surface area contributed by atoms with Gasteiger partial charge >= 0.3 is 5.97 Å². The number of hydrogen-bond donors (Lipinski definition) is 0. The Morgan fingerprint density at radius 3 is 2.67 bits per heavy atom. The highest BCUT2D eigenvalue weighted by Gasteiger charge is 2.29. The minimum Gasteiger partial charge on any atom is -0.456 e. The van der Waals surface area contributed by atoms with Gasteiger partial charge in [-0.2, -0.15) is 5.10 Å². The SMILES string of the molecule is CCOCCN1CC(OC(=O)c2ccc(N3CCC(C)=N3)cc2)C1. The molecule has 1 fully saturated rings.